The first-order chi connectivity index (χ1) is 10.8. The zero-order valence-electron chi connectivity index (χ0n) is 19.0. The molecule has 0 amide bonds. The quantitative estimate of drug-likeness (QED) is 0.110. The van der Waals surface area contributed by atoms with E-state index < -0.39 is 20.8 Å². The minimum absolute atomic E-state index is 0. The number of anilines is 2. The summed E-state index contributed by atoms with van der Waals surface area (Å²) < 4.78 is 68.2. The average Bonchev–Trinajstić information content (AvgIpc) is 2.37. The van der Waals surface area contributed by atoms with Gasteiger partial charge in [0.15, 0.2) is 0 Å². The molecular formula is C8H44CoFeN6O20S2+10. The first-order valence-corrected chi connectivity index (χ1v) is 7.82. The van der Waals surface area contributed by atoms with Gasteiger partial charge in [-0.15, -0.1) is 0 Å². The summed E-state index contributed by atoms with van der Waals surface area (Å²) in [7, 11) is -10.3. The third-order valence-electron chi connectivity index (χ3n) is 1.17. The molecule has 38 N–H and O–H groups in total. The molecule has 0 fully saturated rings. The van der Waals surface area contributed by atoms with Gasteiger partial charge >= 0.3 is 33.8 Å². The number of aromatic nitrogens is 4. The van der Waals surface area contributed by atoms with Crippen molar-refractivity contribution in [3.05, 3.63) is 37.2 Å². The van der Waals surface area contributed by atoms with E-state index in [4.69, 9.17) is 46.5 Å². The summed E-state index contributed by atoms with van der Waals surface area (Å²) in [6.07, 6.45) is 9.26. The van der Waals surface area contributed by atoms with Crippen molar-refractivity contribution in [2.75, 3.05) is 11.5 Å². The van der Waals surface area contributed by atoms with Crippen molar-refractivity contribution in [2.45, 2.75) is 0 Å². The Kier molecular flexibility index (Phi) is 174. The number of hydrogen-bond donors (Lipinski definition) is 2. The Morgan fingerprint density at radius 1 is 0.526 bits per heavy atom. The van der Waals surface area contributed by atoms with Crippen LogP contribution in [-0.4, -0.2) is 65.9 Å². The Balaban J connectivity index is -0.0000000109. The maximum Gasteiger partial charge on any atom is 2.00 e. The number of nitrogens with two attached hydrogens (primary N) is 2. The second-order valence-electron chi connectivity index (χ2n) is 3.08. The molecule has 2 aromatic heterocycles. The van der Waals surface area contributed by atoms with E-state index >= 15 is 0 Å². The Bertz CT molecular complexity index is 699. The van der Waals surface area contributed by atoms with Crippen molar-refractivity contribution < 1.29 is 135 Å². The van der Waals surface area contributed by atoms with Crippen molar-refractivity contribution in [2.24, 2.45) is 0 Å². The van der Waals surface area contributed by atoms with Crippen LogP contribution in [0.1, 0.15) is 0 Å². The van der Waals surface area contributed by atoms with Crippen molar-refractivity contribution >= 4 is 32.4 Å². The van der Waals surface area contributed by atoms with Gasteiger partial charge in [0.05, 0.1) is 12.4 Å². The summed E-state index contributed by atoms with van der Waals surface area (Å²) in [5.41, 5.74) is 10.4. The van der Waals surface area contributed by atoms with Gasteiger partial charge in [0.25, 0.3) is 0 Å². The standard InChI is InChI=1S/2C4H5N3.Co.Fe.2H2O4S.12H2O/c2*5-4-3-6-1-2-7-4;;;2*1-5(2,3)4;;;;;;;;;;;;/h2*1-3H,(H2,5,7);;;2*(H2,1,2,3,4);12*1H2/q;;2*+2;;;;;;;;;;;;;;/p+6. The van der Waals surface area contributed by atoms with E-state index in [2.05, 4.69) is 19.9 Å². The molecule has 0 atom stereocenters. The van der Waals surface area contributed by atoms with Crippen LogP contribution in [0.2, 0.25) is 0 Å². The van der Waals surface area contributed by atoms with Crippen molar-refractivity contribution in [1.82, 2.24) is 19.9 Å². The number of nitrogen functional groups attached to an aromatic ring is 2. The summed E-state index contributed by atoms with van der Waals surface area (Å²) in [4.78, 5) is 14.8. The van der Waals surface area contributed by atoms with Crippen LogP contribution < -0.4 is 11.5 Å². The molecule has 0 aromatic carbocycles. The molecular weight excluding hydrogens is 679 g/mol. The average molecular weight is 723 g/mol. The third-order valence-corrected chi connectivity index (χ3v) is 1.17. The van der Waals surface area contributed by atoms with E-state index in [1.165, 1.54) is 12.4 Å². The molecule has 30 heteroatoms. The van der Waals surface area contributed by atoms with E-state index in [1.54, 1.807) is 24.8 Å². The van der Waals surface area contributed by atoms with Crippen LogP contribution >= 0.6 is 0 Å². The summed E-state index contributed by atoms with van der Waals surface area (Å²) in [5, 5.41) is 0. The largest absolute Gasteiger partial charge is 2.00 e. The zero-order valence-corrected chi connectivity index (χ0v) is 22.7. The number of nitrogens with zero attached hydrogens (tertiary/aromatic N) is 4. The second-order valence-corrected chi connectivity index (χ2v) is 4.71. The van der Waals surface area contributed by atoms with E-state index in [9.17, 15) is 0 Å². The molecule has 38 heavy (non-hydrogen) atoms. The van der Waals surface area contributed by atoms with Crippen LogP contribution in [0.15, 0.2) is 37.2 Å². The first kappa shape index (κ1) is 110. The molecule has 0 unspecified atom stereocenters. The Morgan fingerprint density at radius 3 is 0.737 bits per heavy atom. The van der Waals surface area contributed by atoms with Gasteiger partial charge in [-0.2, -0.15) is 0 Å². The van der Waals surface area contributed by atoms with Gasteiger partial charge in [-0.05, 0) is 0 Å². The van der Waals surface area contributed by atoms with Gasteiger partial charge in [0.1, 0.15) is 11.6 Å². The predicted octanol–water partition coefficient (Wildman–Crippen LogP) is -13.4. The molecule has 0 bridgehead atoms. The SMILES string of the molecule is Nc1cnccn1.Nc1cnccn1.O.O.O=S(=O)([O-])[O-].O=S(=O)([O-])[O-].[Co+2].[Fe+2].[OH3+].[OH3+].[OH3+].[OH3+].[OH3+].[OH3+].[OH3+].[OH3+].[OH3+].[OH3+]. The van der Waals surface area contributed by atoms with Crippen molar-refractivity contribution in [3.63, 3.8) is 0 Å². The predicted molar refractivity (Wildman–Crippen MR) is 130 cm³/mol. The van der Waals surface area contributed by atoms with Crippen LogP contribution in [0.4, 0.5) is 11.6 Å². The molecule has 1 radical (unpaired) electrons. The molecule has 0 saturated heterocycles. The van der Waals surface area contributed by atoms with Gasteiger partial charge in [-0.3, -0.25) is 26.8 Å². The molecule has 2 rings (SSSR count). The molecule has 0 aliphatic rings. The smallest absolute Gasteiger partial charge is 0.759 e. The van der Waals surface area contributed by atoms with E-state index in [0.717, 1.165) is 0 Å². The summed E-state index contributed by atoms with van der Waals surface area (Å²) in [6, 6.07) is 0. The van der Waals surface area contributed by atoms with E-state index in [1.807, 2.05) is 0 Å². The minimum atomic E-state index is -5.17. The molecule has 2 aromatic rings. The van der Waals surface area contributed by atoms with Crippen LogP contribution in [0.5, 0.6) is 0 Å². The fraction of sp³-hybridized carbons (Fsp3) is 0. The molecule has 0 saturated carbocycles. The van der Waals surface area contributed by atoms with Crippen LogP contribution in [0, 0.1) is 0 Å². The third kappa shape index (κ3) is 188. The monoisotopic (exact) mass is 723 g/mol. The number of rotatable bonds is 0. The Morgan fingerprint density at radius 2 is 0.684 bits per heavy atom. The Hall–Kier alpha value is -1.95. The molecule has 245 valence electrons. The topological polar surface area (TPSA) is 657 Å². The van der Waals surface area contributed by atoms with Gasteiger partial charge in [-0.1, -0.05) is 0 Å². The van der Waals surface area contributed by atoms with Crippen LogP contribution in [-0.2, 0) is 109 Å². The Labute approximate surface area is 235 Å². The first-order valence-electron chi connectivity index (χ1n) is 5.15. The van der Waals surface area contributed by atoms with Gasteiger partial charge < -0.3 is 95.4 Å². The van der Waals surface area contributed by atoms with Crippen LogP contribution in [0.25, 0.3) is 0 Å². The maximum absolute atomic E-state index is 8.52. The van der Waals surface area contributed by atoms with E-state index in [0.29, 0.717) is 11.6 Å². The van der Waals surface area contributed by atoms with E-state index in [-0.39, 0.29) is 99.6 Å². The fourth-order valence-corrected chi connectivity index (χ4v) is 0.621. The fourth-order valence-electron chi connectivity index (χ4n) is 0.621. The van der Waals surface area contributed by atoms with Crippen LogP contribution in [0.3, 0.4) is 0 Å². The molecule has 2 heterocycles. The van der Waals surface area contributed by atoms with Crippen molar-refractivity contribution in [1.29, 1.82) is 0 Å². The number of hydrogen-bond acceptors (Lipinski definition) is 14. The van der Waals surface area contributed by atoms with Gasteiger partial charge in [-0.25, -0.2) is 9.97 Å². The maximum atomic E-state index is 8.52. The molecule has 0 spiro atoms. The normalized spacial score (nSPS) is 6.21. The second kappa shape index (κ2) is 59.9. The summed E-state index contributed by atoms with van der Waals surface area (Å²) >= 11 is 0. The summed E-state index contributed by atoms with van der Waals surface area (Å²) in [6.45, 7) is 0. The van der Waals surface area contributed by atoms with Gasteiger partial charge in [0.2, 0.25) is 0 Å². The summed E-state index contributed by atoms with van der Waals surface area (Å²) in [5.74, 6) is 0.921. The molecule has 26 nitrogen and oxygen atoms in total. The van der Waals surface area contributed by atoms with Gasteiger partial charge in [0, 0.05) is 45.6 Å². The molecule has 0 aliphatic heterocycles. The molecule has 0 aliphatic carbocycles. The zero-order chi connectivity index (χ0) is 19.2. The van der Waals surface area contributed by atoms with Crippen molar-refractivity contribution in [3.8, 4) is 0 Å². The minimum Gasteiger partial charge on any atom is -0.759 e.